The highest BCUT2D eigenvalue weighted by atomic mass is 32.1. The van der Waals surface area contributed by atoms with Crippen LogP contribution < -0.4 is 10.6 Å². The van der Waals surface area contributed by atoms with Gasteiger partial charge in [0.05, 0.1) is 4.88 Å². The van der Waals surface area contributed by atoms with Crippen LogP contribution in [-0.2, 0) is 14.3 Å². The van der Waals surface area contributed by atoms with Crippen LogP contribution in [0.3, 0.4) is 0 Å². The molecule has 4 rings (SSSR count). The highest BCUT2D eigenvalue weighted by Crippen LogP contribution is 2.19. The lowest BCUT2D eigenvalue weighted by Gasteiger charge is -2.17. The Morgan fingerprint density at radius 2 is 1.59 bits per heavy atom. The quantitative estimate of drug-likeness (QED) is 0.410. The van der Waals surface area contributed by atoms with Gasteiger partial charge in [-0.1, -0.05) is 66.7 Å². The van der Waals surface area contributed by atoms with Crippen molar-refractivity contribution in [2.45, 2.75) is 6.04 Å². The molecular weight excluding hydrogens is 424 g/mol. The molecule has 1 aromatic heterocycles. The Kier molecular flexibility index (Phi) is 6.57. The molecule has 0 aliphatic heterocycles. The second-order valence-electron chi connectivity index (χ2n) is 7.01. The van der Waals surface area contributed by atoms with Crippen molar-refractivity contribution in [2.75, 3.05) is 11.9 Å². The van der Waals surface area contributed by atoms with Crippen molar-refractivity contribution in [3.05, 3.63) is 101 Å². The topological polar surface area (TPSA) is 84.5 Å². The van der Waals surface area contributed by atoms with E-state index in [9.17, 15) is 14.4 Å². The number of esters is 1. The predicted octanol–water partition coefficient (Wildman–Crippen LogP) is 4.55. The van der Waals surface area contributed by atoms with Crippen molar-refractivity contribution < 1.29 is 19.1 Å². The van der Waals surface area contributed by atoms with Gasteiger partial charge >= 0.3 is 5.97 Å². The number of ether oxygens (including phenoxy) is 1. The van der Waals surface area contributed by atoms with E-state index in [-0.39, 0.29) is 5.91 Å². The maximum atomic E-state index is 12.8. The summed E-state index contributed by atoms with van der Waals surface area (Å²) in [4.78, 5) is 38.1. The largest absolute Gasteiger partial charge is 0.454 e. The first-order valence-corrected chi connectivity index (χ1v) is 10.8. The predicted molar refractivity (Wildman–Crippen MR) is 125 cm³/mol. The minimum atomic E-state index is -1.03. The molecule has 0 spiro atoms. The molecule has 0 fully saturated rings. The minimum absolute atomic E-state index is 0.383. The van der Waals surface area contributed by atoms with Crippen LogP contribution in [0.5, 0.6) is 0 Å². The summed E-state index contributed by atoms with van der Waals surface area (Å²) in [6.45, 7) is -0.468. The Labute approximate surface area is 188 Å². The average Bonchev–Trinajstić information content (AvgIpc) is 3.37. The lowest BCUT2D eigenvalue weighted by molar-refractivity contribution is -0.149. The standard InChI is InChI=1S/C25H20N2O4S/c28-22(26-20-13-12-17-7-4-5-10-19(17)15-20)16-31-25(30)23(18-8-2-1-3-9-18)27-24(29)21-11-6-14-32-21/h1-15,23H,16H2,(H,26,28)(H,27,29). The molecule has 6 nitrogen and oxygen atoms in total. The van der Waals surface area contributed by atoms with Crippen LogP contribution in [0.1, 0.15) is 21.3 Å². The normalized spacial score (nSPS) is 11.5. The number of carbonyl (C=O) groups excluding carboxylic acids is 3. The Hall–Kier alpha value is -3.97. The minimum Gasteiger partial charge on any atom is -0.454 e. The molecule has 0 saturated carbocycles. The zero-order valence-corrected chi connectivity index (χ0v) is 17.8. The molecule has 0 bridgehead atoms. The number of hydrogen-bond donors (Lipinski definition) is 2. The molecule has 1 heterocycles. The number of thiophene rings is 1. The second-order valence-corrected chi connectivity index (χ2v) is 7.96. The maximum Gasteiger partial charge on any atom is 0.333 e. The third kappa shape index (κ3) is 5.19. The van der Waals surface area contributed by atoms with E-state index in [1.165, 1.54) is 11.3 Å². The van der Waals surface area contributed by atoms with Gasteiger partial charge in [-0.3, -0.25) is 9.59 Å². The molecule has 0 saturated heterocycles. The van der Waals surface area contributed by atoms with E-state index in [0.29, 0.717) is 16.1 Å². The number of carbonyl (C=O) groups is 3. The third-order valence-corrected chi connectivity index (χ3v) is 5.64. The highest BCUT2D eigenvalue weighted by molar-refractivity contribution is 7.12. The fourth-order valence-corrected chi connectivity index (χ4v) is 3.84. The number of benzene rings is 3. The maximum absolute atomic E-state index is 12.8. The SMILES string of the molecule is O=C(COC(=O)C(NC(=O)c1cccs1)c1ccccc1)Nc1ccc2ccccc2c1. The molecule has 0 aliphatic carbocycles. The van der Waals surface area contributed by atoms with E-state index in [2.05, 4.69) is 10.6 Å². The number of rotatable bonds is 7. The van der Waals surface area contributed by atoms with Gasteiger partial charge in [0.1, 0.15) is 0 Å². The first-order chi connectivity index (χ1) is 15.6. The van der Waals surface area contributed by atoms with E-state index >= 15 is 0 Å². The van der Waals surface area contributed by atoms with Crippen molar-refractivity contribution in [1.82, 2.24) is 5.32 Å². The molecule has 7 heteroatoms. The van der Waals surface area contributed by atoms with Gasteiger partial charge < -0.3 is 15.4 Å². The van der Waals surface area contributed by atoms with Crippen molar-refractivity contribution in [3.8, 4) is 0 Å². The number of fused-ring (bicyclic) bond motifs is 1. The zero-order chi connectivity index (χ0) is 22.3. The van der Waals surface area contributed by atoms with E-state index in [0.717, 1.165) is 10.8 Å². The van der Waals surface area contributed by atoms with Crippen LogP contribution >= 0.6 is 11.3 Å². The first-order valence-electron chi connectivity index (χ1n) is 9.95. The van der Waals surface area contributed by atoms with Gasteiger partial charge in [-0.25, -0.2) is 4.79 Å². The summed E-state index contributed by atoms with van der Waals surface area (Å²) >= 11 is 1.27. The monoisotopic (exact) mass is 444 g/mol. The van der Waals surface area contributed by atoms with Gasteiger partial charge in [0.2, 0.25) is 0 Å². The first kappa shape index (κ1) is 21.3. The van der Waals surface area contributed by atoms with Crippen molar-refractivity contribution in [1.29, 1.82) is 0 Å². The Morgan fingerprint density at radius 3 is 2.34 bits per heavy atom. The zero-order valence-electron chi connectivity index (χ0n) is 17.0. The Morgan fingerprint density at radius 1 is 0.844 bits per heavy atom. The van der Waals surface area contributed by atoms with Gasteiger partial charge in [0.25, 0.3) is 11.8 Å². The van der Waals surface area contributed by atoms with Crippen molar-refractivity contribution in [3.63, 3.8) is 0 Å². The molecule has 32 heavy (non-hydrogen) atoms. The Balaban J connectivity index is 1.40. The van der Waals surface area contributed by atoms with Crippen LogP contribution in [0.15, 0.2) is 90.3 Å². The van der Waals surface area contributed by atoms with Gasteiger partial charge in [0.15, 0.2) is 12.6 Å². The van der Waals surface area contributed by atoms with Crippen LogP contribution in [0.4, 0.5) is 5.69 Å². The molecule has 0 aliphatic rings. The smallest absolute Gasteiger partial charge is 0.333 e. The van der Waals surface area contributed by atoms with E-state index < -0.39 is 24.5 Å². The fourth-order valence-electron chi connectivity index (χ4n) is 3.22. The molecule has 2 amide bonds. The molecule has 3 aromatic carbocycles. The summed E-state index contributed by atoms with van der Waals surface area (Å²) in [6, 6.07) is 24.5. The molecule has 1 unspecified atom stereocenters. The number of amides is 2. The van der Waals surface area contributed by atoms with Crippen LogP contribution in [0, 0.1) is 0 Å². The molecule has 0 radical (unpaired) electrons. The van der Waals surface area contributed by atoms with Crippen molar-refractivity contribution >= 4 is 45.6 Å². The van der Waals surface area contributed by atoms with E-state index in [1.54, 1.807) is 47.8 Å². The van der Waals surface area contributed by atoms with E-state index in [1.807, 2.05) is 42.5 Å². The third-order valence-electron chi connectivity index (χ3n) is 4.77. The molecular formula is C25H20N2O4S. The van der Waals surface area contributed by atoms with Gasteiger partial charge in [-0.05, 0) is 39.9 Å². The van der Waals surface area contributed by atoms with Gasteiger partial charge in [-0.2, -0.15) is 0 Å². The highest BCUT2D eigenvalue weighted by Gasteiger charge is 2.25. The number of anilines is 1. The lowest BCUT2D eigenvalue weighted by Crippen LogP contribution is -2.35. The van der Waals surface area contributed by atoms with Crippen molar-refractivity contribution in [2.24, 2.45) is 0 Å². The summed E-state index contributed by atoms with van der Waals surface area (Å²) < 4.78 is 5.24. The molecule has 4 aromatic rings. The summed E-state index contributed by atoms with van der Waals surface area (Å²) in [7, 11) is 0. The summed E-state index contributed by atoms with van der Waals surface area (Å²) in [5.74, 6) is -1.56. The second kappa shape index (κ2) is 9.89. The lowest BCUT2D eigenvalue weighted by atomic mass is 10.1. The van der Waals surface area contributed by atoms with Crippen LogP contribution in [-0.4, -0.2) is 24.4 Å². The molecule has 160 valence electrons. The van der Waals surface area contributed by atoms with Crippen LogP contribution in [0.2, 0.25) is 0 Å². The molecule has 2 N–H and O–H groups in total. The van der Waals surface area contributed by atoms with E-state index in [4.69, 9.17) is 4.74 Å². The Bertz CT molecular complexity index is 1240. The number of nitrogens with one attached hydrogen (secondary N) is 2. The van der Waals surface area contributed by atoms with Gasteiger partial charge in [0, 0.05) is 5.69 Å². The summed E-state index contributed by atoms with van der Waals surface area (Å²) in [5.41, 5.74) is 1.17. The molecule has 1 atom stereocenters. The number of hydrogen-bond acceptors (Lipinski definition) is 5. The fraction of sp³-hybridized carbons (Fsp3) is 0.0800. The summed E-state index contributed by atoms with van der Waals surface area (Å²) in [6.07, 6.45) is 0. The average molecular weight is 445 g/mol. The van der Waals surface area contributed by atoms with Crippen LogP contribution in [0.25, 0.3) is 10.8 Å². The van der Waals surface area contributed by atoms with Gasteiger partial charge in [-0.15, -0.1) is 11.3 Å². The summed E-state index contributed by atoms with van der Waals surface area (Å²) in [5, 5.41) is 9.25.